The van der Waals surface area contributed by atoms with E-state index in [2.05, 4.69) is 52.7 Å². The number of guanidine groups is 1. The second-order valence-corrected chi connectivity index (χ2v) is 10.2. The zero-order chi connectivity index (χ0) is 21.7. The van der Waals surface area contributed by atoms with Crippen LogP contribution in [0.3, 0.4) is 0 Å². The maximum Gasteiger partial charge on any atom is 0.236 e. The Kier molecular flexibility index (Phi) is 8.11. The number of piperazine rings is 1. The van der Waals surface area contributed by atoms with Crippen molar-refractivity contribution in [3.05, 3.63) is 15.6 Å². The number of hydrogen-bond donors (Lipinski definition) is 1. The number of nitrogens with zero attached hydrogens (tertiary/aromatic N) is 5. The van der Waals surface area contributed by atoms with Crippen LogP contribution in [0.25, 0.3) is 0 Å². The number of nitrogens with one attached hydrogen (secondary N) is 1. The normalized spacial score (nSPS) is 23.7. The second-order valence-electron chi connectivity index (χ2n) is 8.92. The number of carbonyl (C=O) groups excluding carboxylic acids is 1. The van der Waals surface area contributed by atoms with Crippen molar-refractivity contribution in [3.8, 4) is 0 Å². The van der Waals surface area contributed by atoms with Crippen LogP contribution in [0.2, 0.25) is 0 Å². The summed E-state index contributed by atoms with van der Waals surface area (Å²) in [5, 5.41) is 4.53. The van der Waals surface area contributed by atoms with Crippen LogP contribution in [0.1, 0.15) is 42.8 Å². The Morgan fingerprint density at radius 3 is 2.37 bits per heavy atom. The fourth-order valence-electron chi connectivity index (χ4n) is 4.57. The molecule has 2 aliphatic rings. The zero-order valence-electron chi connectivity index (χ0n) is 19.3. The van der Waals surface area contributed by atoms with Crippen molar-refractivity contribution < 1.29 is 4.79 Å². The SMILES string of the molecule is CCNC(=NCc1sc(C)nc1C)N1CCN(CC(=O)N2CC(C)CC(C)C2)CC1. The molecule has 2 aliphatic heterocycles. The lowest BCUT2D eigenvalue weighted by Gasteiger charge is -2.39. The average Bonchev–Trinajstić information content (AvgIpc) is 3.02. The van der Waals surface area contributed by atoms with Crippen molar-refractivity contribution in [3.63, 3.8) is 0 Å². The van der Waals surface area contributed by atoms with Gasteiger partial charge in [0.25, 0.3) is 0 Å². The van der Waals surface area contributed by atoms with Gasteiger partial charge in [0.1, 0.15) is 0 Å². The van der Waals surface area contributed by atoms with Crippen LogP contribution in [-0.4, -0.2) is 83.9 Å². The van der Waals surface area contributed by atoms with Gasteiger partial charge in [-0.2, -0.15) is 0 Å². The van der Waals surface area contributed by atoms with Crippen molar-refractivity contribution in [2.24, 2.45) is 16.8 Å². The zero-order valence-corrected chi connectivity index (χ0v) is 20.1. The molecule has 1 aromatic rings. The summed E-state index contributed by atoms with van der Waals surface area (Å²) in [6.07, 6.45) is 1.23. The summed E-state index contributed by atoms with van der Waals surface area (Å²) in [6.45, 7) is 18.2. The molecule has 7 nitrogen and oxygen atoms in total. The highest BCUT2D eigenvalue weighted by Crippen LogP contribution is 2.21. The van der Waals surface area contributed by atoms with Gasteiger partial charge in [0.15, 0.2) is 5.96 Å². The molecular weight excluding hydrogens is 396 g/mol. The van der Waals surface area contributed by atoms with Crippen molar-refractivity contribution >= 4 is 23.2 Å². The number of amides is 1. The molecular formula is C22H38N6OS. The number of aryl methyl sites for hydroxylation is 2. The fraction of sp³-hybridized carbons (Fsp3) is 0.773. The smallest absolute Gasteiger partial charge is 0.236 e. The molecule has 0 aliphatic carbocycles. The standard InChI is InChI=1S/C22H38N6OS/c1-6-23-22(24-12-20-18(4)25-19(5)30-20)27-9-7-26(8-10-27)15-21(29)28-13-16(2)11-17(3)14-28/h16-17H,6-15H2,1-5H3,(H,23,24). The van der Waals surface area contributed by atoms with Gasteiger partial charge in [0, 0.05) is 50.7 Å². The molecule has 30 heavy (non-hydrogen) atoms. The molecule has 2 fully saturated rings. The van der Waals surface area contributed by atoms with E-state index in [0.29, 0.717) is 30.8 Å². The van der Waals surface area contributed by atoms with Crippen molar-refractivity contribution in [1.82, 2.24) is 25.0 Å². The minimum absolute atomic E-state index is 0.290. The van der Waals surface area contributed by atoms with Crippen LogP contribution < -0.4 is 5.32 Å². The summed E-state index contributed by atoms with van der Waals surface area (Å²) < 4.78 is 0. The molecule has 0 saturated carbocycles. The number of aliphatic imine (C=N–C) groups is 1. The third-order valence-corrected chi connectivity index (χ3v) is 7.02. The molecule has 0 bridgehead atoms. The van der Waals surface area contributed by atoms with Crippen LogP contribution in [-0.2, 0) is 11.3 Å². The minimum Gasteiger partial charge on any atom is -0.357 e. The summed E-state index contributed by atoms with van der Waals surface area (Å²) in [6, 6.07) is 0. The van der Waals surface area contributed by atoms with E-state index in [1.807, 2.05) is 6.92 Å². The Morgan fingerprint density at radius 1 is 1.13 bits per heavy atom. The molecule has 2 atom stereocenters. The van der Waals surface area contributed by atoms with Crippen LogP contribution in [0.5, 0.6) is 0 Å². The van der Waals surface area contributed by atoms with E-state index in [1.165, 1.54) is 11.3 Å². The largest absolute Gasteiger partial charge is 0.357 e. The lowest BCUT2D eigenvalue weighted by atomic mass is 9.92. The average molecular weight is 435 g/mol. The first-order chi connectivity index (χ1) is 14.4. The van der Waals surface area contributed by atoms with Crippen molar-refractivity contribution in [2.45, 2.75) is 47.6 Å². The van der Waals surface area contributed by atoms with Gasteiger partial charge >= 0.3 is 0 Å². The molecule has 2 unspecified atom stereocenters. The monoisotopic (exact) mass is 434 g/mol. The number of piperidine rings is 1. The molecule has 3 heterocycles. The highest BCUT2D eigenvalue weighted by Gasteiger charge is 2.28. The predicted octanol–water partition coefficient (Wildman–Crippen LogP) is 2.35. The molecule has 0 spiro atoms. The van der Waals surface area contributed by atoms with Crippen LogP contribution >= 0.6 is 11.3 Å². The predicted molar refractivity (Wildman–Crippen MR) is 124 cm³/mol. The third-order valence-electron chi connectivity index (χ3n) is 5.96. The number of carbonyl (C=O) groups is 1. The highest BCUT2D eigenvalue weighted by molar-refractivity contribution is 7.11. The first-order valence-corrected chi connectivity index (χ1v) is 12.1. The number of aromatic nitrogens is 1. The Bertz CT molecular complexity index is 730. The molecule has 1 aromatic heterocycles. The Morgan fingerprint density at radius 2 is 1.80 bits per heavy atom. The summed E-state index contributed by atoms with van der Waals surface area (Å²) >= 11 is 1.73. The lowest BCUT2D eigenvalue weighted by molar-refractivity contribution is -0.135. The van der Waals surface area contributed by atoms with Crippen LogP contribution in [0, 0.1) is 25.7 Å². The van der Waals surface area contributed by atoms with Crippen LogP contribution in [0.15, 0.2) is 4.99 Å². The third kappa shape index (κ3) is 6.17. The molecule has 1 N–H and O–H groups in total. The topological polar surface area (TPSA) is 64.1 Å². The molecule has 8 heteroatoms. The molecule has 168 valence electrons. The first-order valence-electron chi connectivity index (χ1n) is 11.3. The van der Waals surface area contributed by atoms with Gasteiger partial charge in [-0.3, -0.25) is 9.69 Å². The Hall–Kier alpha value is -1.67. The minimum atomic E-state index is 0.290. The quantitative estimate of drug-likeness (QED) is 0.569. The van der Waals surface area contributed by atoms with Gasteiger partial charge < -0.3 is 15.1 Å². The number of hydrogen-bond acceptors (Lipinski definition) is 5. The molecule has 0 aromatic carbocycles. The van der Waals surface area contributed by atoms with E-state index < -0.39 is 0 Å². The Balaban J connectivity index is 1.51. The summed E-state index contributed by atoms with van der Waals surface area (Å²) in [5.41, 5.74) is 1.08. The van der Waals surface area contributed by atoms with Gasteiger partial charge in [-0.1, -0.05) is 13.8 Å². The lowest BCUT2D eigenvalue weighted by Crippen LogP contribution is -2.55. The van der Waals surface area contributed by atoms with Gasteiger partial charge in [-0.05, 0) is 39.0 Å². The molecule has 3 rings (SSSR count). The van der Waals surface area contributed by atoms with Gasteiger partial charge in [-0.25, -0.2) is 9.98 Å². The van der Waals surface area contributed by atoms with E-state index in [4.69, 9.17) is 4.99 Å². The highest BCUT2D eigenvalue weighted by atomic mass is 32.1. The van der Waals surface area contributed by atoms with Crippen molar-refractivity contribution in [2.75, 3.05) is 52.4 Å². The fourth-order valence-corrected chi connectivity index (χ4v) is 5.43. The summed E-state index contributed by atoms with van der Waals surface area (Å²) in [4.78, 5) is 30.1. The summed E-state index contributed by atoms with van der Waals surface area (Å²) in [5.74, 6) is 2.48. The maximum absolute atomic E-state index is 12.8. The number of thiazole rings is 1. The van der Waals surface area contributed by atoms with Crippen LogP contribution in [0.4, 0.5) is 0 Å². The van der Waals surface area contributed by atoms with Crippen molar-refractivity contribution in [1.29, 1.82) is 0 Å². The van der Waals surface area contributed by atoms with E-state index in [9.17, 15) is 4.79 Å². The van der Waals surface area contributed by atoms with Gasteiger partial charge in [-0.15, -0.1) is 11.3 Å². The summed E-state index contributed by atoms with van der Waals surface area (Å²) in [7, 11) is 0. The number of rotatable bonds is 5. The van der Waals surface area contributed by atoms with E-state index in [0.717, 1.165) is 62.5 Å². The van der Waals surface area contributed by atoms with E-state index in [1.54, 1.807) is 11.3 Å². The molecule has 2 saturated heterocycles. The second kappa shape index (κ2) is 10.6. The number of likely N-dealkylation sites (tertiary alicyclic amines) is 1. The van der Waals surface area contributed by atoms with Gasteiger partial charge in [0.05, 0.1) is 23.8 Å². The first kappa shape index (κ1) is 23.0. The Labute approximate surface area is 185 Å². The maximum atomic E-state index is 12.8. The molecule has 1 amide bonds. The molecule has 0 radical (unpaired) electrons. The van der Waals surface area contributed by atoms with E-state index in [-0.39, 0.29) is 0 Å². The van der Waals surface area contributed by atoms with E-state index >= 15 is 0 Å². The van der Waals surface area contributed by atoms with Gasteiger partial charge in [0.2, 0.25) is 5.91 Å².